The molecule has 0 bridgehead atoms. The first kappa shape index (κ1) is 9.18. The van der Waals surface area contributed by atoms with Crippen LogP contribution in [0.5, 0.6) is 0 Å². The predicted molar refractivity (Wildman–Crippen MR) is 47.3 cm³/mol. The Labute approximate surface area is 77.4 Å². The van der Waals surface area contributed by atoms with Crippen molar-refractivity contribution in [2.75, 3.05) is 0 Å². The minimum atomic E-state index is -0.436. The topological polar surface area (TPSA) is 71.8 Å². The fraction of sp³-hybridized carbons (Fsp3) is 0.500. The molecule has 0 spiro atoms. The van der Waals surface area contributed by atoms with Gasteiger partial charge in [-0.25, -0.2) is 0 Å². The number of nitro groups is 1. The zero-order valence-corrected chi connectivity index (χ0v) is 8.04. The number of aromatic nitrogens is 2. The second kappa shape index (κ2) is 3.66. The largest absolute Gasteiger partial charge is 0.309 e. The van der Waals surface area contributed by atoms with Gasteiger partial charge in [0.1, 0.15) is 11.9 Å². The predicted octanol–water partition coefficient (Wildman–Crippen LogP) is 1.64. The van der Waals surface area contributed by atoms with Crippen LogP contribution < -0.4 is 0 Å². The average Bonchev–Trinajstić information content (AvgIpc) is 2.33. The third-order valence-electron chi connectivity index (χ3n) is 1.38. The van der Waals surface area contributed by atoms with Crippen LogP contribution in [-0.4, -0.2) is 19.9 Å². The van der Waals surface area contributed by atoms with Crippen molar-refractivity contribution in [2.45, 2.75) is 18.2 Å². The Morgan fingerprint density at radius 3 is 3.08 bits per heavy atom. The van der Waals surface area contributed by atoms with Crippen LogP contribution in [0.2, 0.25) is 0 Å². The summed E-state index contributed by atoms with van der Waals surface area (Å²) in [6.45, 7) is 1.92. The smallest absolute Gasteiger partial charge is 0.275 e. The van der Waals surface area contributed by atoms with Crippen LogP contribution in [0.4, 0.5) is 5.69 Å². The van der Waals surface area contributed by atoms with Crippen LogP contribution >= 0.6 is 15.9 Å². The molecule has 6 heteroatoms. The summed E-state index contributed by atoms with van der Waals surface area (Å²) in [6.07, 6.45) is 1.81. The molecule has 0 amide bonds. The summed E-state index contributed by atoms with van der Waals surface area (Å²) >= 11 is 3.31. The molecule has 1 N–H and O–H groups in total. The first-order chi connectivity index (χ1) is 5.61. The van der Waals surface area contributed by atoms with Crippen molar-refractivity contribution < 1.29 is 4.92 Å². The van der Waals surface area contributed by atoms with Crippen molar-refractivity contribution in [3.05, 3.63) is 22.0 Å². The van der Waals surface area contributed by atoms with E-state index in [0.717, 1.165) is 0 Å². The summed E-state index contributed by atoms with van der Waals surface area (Å²) in [5.74, 6) is 0. The van der Waals surface area contributed by atoms with E-state index in [4.69, 9.17) is 0 Å². The van der Waals surface area contributed by atoms with Gasteiger partial charge in [0.15, 0.2) is 0 Å². The summed E-state index contributed by atoms with van der Waals surface area (Å²) in [5.41, 5.74) is 0.616. The molecular formula is C6H8BrN3O2. The van der Waals surface area contributed by atoms with Crippen LogP contribution in [0.25, 0.3) is 0 Å². The number of alkyl halides is 1. The molecule has 1 heterocycles. The van der Waals surface area contributed by atoms with E-state index in [1.165, 1.54) is 6.20 Å². The Balaban J connectivity index is 2.84. The summed E-state index contributed by atoms with van der Waals surface area (Å²) in [5, 5.41) is 16.6. The van der Waals surface area contributed by atoms with Crippen molar-refractivity contribution in [3.8, 4) is 0 Å². The average molecular weight is 234 g/mol. The SMILES string of the molecule is CC(Br)Cc1[nH]ncc1[N+](=O)[O-]. The van der Waals surface area contributed by atoms with E-state index in [1.807, 2.05) is 6.92 Å². The highest BCUT2D eigenvalue weighted by Crippen LogP contribution is 2.18. The number of H-pyrrole nitrogens is 1. The van der Waals surface area contributed by atoms with E-state index < -0.39 is 4.92 Å². The number of nitrogens with one attached hydrogen (secondary N) is 1. The Hall–Kier alpha value is -0.910. The number of hydrogen-bond acceptors (Lipinski definition) is 3. The lowest BCUT2D eigenvalue weighted by atomic mass is 10.2. The molecule has 1 aromatic heterocycles. The van der Waals surface area contributed by atoms with E-state index >= 15 is 0 Å². The fourth-order valence-electron chi connectivity index (χ4n) is 0.895. The molecule has 66 valence electrons. The molecule has 0 saturated carbocycles. The summed E-state index contributed by atoms with van der Waals surface area (Å²) in [6, 6.07) is 0. The van der Waals surface area contributed by atoms with Gasteiger partial charge in [0.25, 0.3) is 0 Å². The molecule has 0 radical (unpaired) electrons. The number of rotatable bonds is 3. The molecule has 1 unspecified atom stereocenters. The highest BCUT2D eigenvalue weighted by molar-refractivity contribution is 9.09. The molecule has 0 aliphatic rings. The summed E-state index contributed by atoms with van der Waals surface area (Å²) < 4.78 is 0. The molecule has 1 aromatic rings. The zero-order valence-electron chi connectivity index (χ0n) is 6.45. The molecule has 5 nitrogen and oxygen atoms in total. The quantitative estimate of drug-likeness (QED) is 0.490. The van der Waals surface area contributed by atoms with E-state index in [2.05, 4.69) is 26.1 Å². The van der Waals surface area contributed by atoms with Gasteiger partial charge in [0, 0.05) is 11.2 Å². The monoisotopic (exact) mass is 233 g/mol. The molecule has 12 heavy (non-hydrogen) atoms. The highest BCUT2D eigenvalue weighted by Gasteiger charge is 2.16. The molecule has 0 aromatic carbocycles. The molecule has 0 fully saturated rings. The van der Waals surface area contributed by atoms with Gasteiger partial charge in [-0.1, -0.05) is 22.9 Å². The first-order valence-electron chi connectivity index (χ1n) is 3.42. The van der Waals surface area contributed by atoms with Crippen molar-refractivity contribution in [1.82, 2.24) is 10.2 Å². The lowest BCUT2D eigenvalue weighted by Gasteiger charge is -1.98. The van der Waals surface area contributed by atoms with E-state index in [0.29, 0.717) is 12.1 Å². The van der Waals surface area contributed by atoms with E-state index in [-0.39, 0.29) is 10.5 Å². The van der Waals surface area contributed by atoms with Gasteiger partial charge in [-0.3, -0.25) is 15.2 Å². The standard InChI is InChI=1S/C6H8BrN3O2/c1-4(7)2-5-6(10(11)12)3-8-9-5/h3-4H,2H2,1H3,(H,8,9). The number of halogens is 1. The van der Waals surface area contributed by atoms with Gasteiger partial charge < -0.3 is 0 Å². The first-order valence-corrected chi connectivity index (χ1v) is 4.33. The van der Waals surface area contributed by atoms with Crippen LogP contribution in [0.15, 0.2) is 6.20 Å². The van der Waals surface area contributed by atoms with Crippen LogP contribution in [0.3, 0.4) is 0 Å². The Morgan fingerprint density at radius 2 is 2.58 bits per heavy atom. The normalized spacial score (nSPS) is 12.8. The molecular weight excluding hydrogens is 226 g/mol. The second-order valence-corrected chi connectivity index (χ2v) is 4.04. The minimum absolute atomic E-state index is 0.0568. The third-order valence-corrected chi connectivity index (χ3v) is 1.70. The summed E-state index contributed by atoms with van der Waals surface area (Å²) in [4.78, 5) is 10.2. The zero-order chi connectivity index (χ0) is 9.14. The van der Waals surface area contributed by atoms with Crippen molar-refractivity contribution in [3.63, 3.8) is 0 Å². The second-order valence-electron chi connectivity index (χ2n) is 2.48. The van der Waals surface area contributed by atoms with Crippen LogP contribution in [0.1, 0.15) is 12.6 Å². The molecule has 0 aliphatic carbocycles. The van der Waals surface area contributed by atoms with Crippen molar-refractivity contribution >= 4 is 21.6 Å². The lowest BCUT2D eigenvalue weighted by molar-refractivity contribution is -0.385. The highest BCUT2D eigenvalue weighted by atomic mass is 79.9. The van der Waals surface area contributed by atoms with Crippen molar-refractivity contribution in [2.24, 2.45) is 0 Å². The maximum atomic E-state index is 10.4. The lowest BCUT2D eigenvalue weighted by Crippen LogP contribution is -2.00. The third kappa shape index (κ3) is 2.04. The van der Waals surface area contributed by atoms with Gasteiger partial charge in [-0.05, 0) is 0 Å². The number of hydrogen-bond donors (Lipinski definition) is 1. The Kier molecular flexibility index (Phi) is 2.80. The van der Waals surface area contributed by atoms with E-state index in [1.54, 1.807) is 0 Å². The number of nitrogens with zero attached hydrogens (tertiary/aromatic N) is 2. The molecule has 1 atom stereocenters. The maximum absolute atomic E-state index is 10.4. The Bertz CT molecular complexity index is 284. The van der Waals surface area contributed by atoms with E-state index in [9.17, 15) is 10.1 Å². The van der Waals surface area contributed by atoms with Crippen LogP contribution in [0, 0.1) is 10.1 Å². The maximum Gasteiger partial charge on any atom is 0.309 e. The van der Waals surface area contributed by atoms with Gasteiger partial charge in [0.2, 0.25) is 0 Å². The van der Waals surface area contributed by atoms with Gasteiger partial charge in [-0.2, -0.15) is 5.10 Å². The van der Waals surface area contributed by atoms with Gasteiger partial charge in [0.05, 0.1) is 4.92 Å². The summed E-state index contributed by atoms with van der Waals surface area (Å²) in [7, 11) is 0. The Morgan fingerprint density at radius 1 is 1.92 bits per heavy atom. The minimum Gasteiger partial charge on any atom is -0.275 e. The number of aromatic amines is 1. The molecule has 1 rings (SSSR count). The fourth-order valence-corrected chi connectivity index (χ4v) is 1.22. The molecule has 0 aliphatic heterocycles. The van der Waals surface area contributed by atoms with Gasteiger partial charge >= 0.3 is 5.69 Å². The van der Waals surface area contributed by atoms with Gasteiger partial charge in [-0.15, -0.1) is 0 Å². The van der Waals surface area contributed by atoms with Crippen molar-refractivity contribution in [1.29, 1.82) is 0 Å². The molecule has 0 saturated heterocycles. The van der Waals surface area contributed by atoms with Crippen LogP contribution in [-0.2, 0) is 6.42 Å².